The van der Waals surface area contributed by atoms with Crippen molar-refractivity contribution in [2.75, 3.05) is 12.3 Å². The lowest BCUT2D eigenvalue weighted by atomic mass is 10.2. The smallest absolute Gasteiger partial charge is 0.390 e. The topological polar surface area (TPSA) is 174 Å². The molecule has 1 saturated heterocycles. The Kier molecular flexibility index (Phi) is 4.75. The number of hydrogen-bond acceptors (Lipinski definition) is 8. The molecule has 0 spiro atoms. The zero-order valence-electron chi connectivity index (χ0n) is 11.1. The maximum Gasteiger partial charge on any atom is 0.469 e. The molecule has 0 saturated carbocycles. The van der Waals surface area contributed by atoms with Crippen LogP contribution in [-0.4, -0.2) is 49.5 Å². The normalized spacial score (nSPS) is 25.3. The SMILES string of the molecule is Nc1nc(=O)n([C@H]2C[C@H](O)[C@@H](COP(=O)(O)O)O2)cc1C=O. The van der Waals surface area contributed by atoms with Gasteiger partial charge in [-0.1, -0.05) is 0 Å². The summed E-state index contributed by atoms with van der Waals surface area (Å²) in [6.07, 6.45) is -1.60. The predicted octanol–water partition coefficient (Wildman–Crippen LogP) is -1.60. The summed E-state index contributed by atoms with van der Waals surface area (Å²) in [6, 6.07) is 0. The van der Waals surface area contributed by atoms with Crippen molar-refractivity contribution in [3.05, 3.63) is 22.2 Å². The third kappa shape index (κ3) is 3.77. The van der Waals surface area contributed by atoms with Crippen molar-refractivity contribution in [2.24, 2.45) is 0 Å². The number of phosphoric acid groups is 1. The Bertz CT molecular complexity index is 671. The van der Waals surface area contributed by atoms with Crippen LogP contribution in [0.5, 0.6) is 0 Å². The Morgan fingerprint density at radius 2 is 2.27 bits per heavy atom. The molecule has 22 heavy (non-hydrogen) atoms. The largest absolute Gasteiger partial charge is 0.469 e. The average molecular weight is 335 g/mol. The summed E-state index contributed by atoms with van der Waals surface area (Å²) in [6.45, 7) is -0.556. The van der Waals surface area contributed by atoms with Crippen molar-refractivity contribution in [3.63, 3.8) is 0 Å². The number of aldehydes is 1. The van der Waals surface area contributed by atoms with Gasteiger partial charge in [0.25, 0.3) is 0 Å². The number of nitrogens with two attached hydrogens (primary N) is 1. The summed E-state index contributed by atoms with van der Waals surface area (Å²) >= 11 is 0. The van der Waals surface area contributed by atoms with Gasteiger partial charge >= 0.3 is 13.5 Å². The number of anilines is 1. The molecule has 1 fully saturated rings. The molecule has 0 aromatic carbocycles. The van der Waals surface area contributed by atoms with Gasteiger partial charge in [-0.05, 0) is 0 Å². The van der Waals surface area contributed by atoms with Gasteiger partial charge in [-0.2, -0.15) is 4.98 Å². The second-order valence-electron chi connectivity index (χ2n) is 4.61. The number of hydrogen-bond donors (Lipinski definition) is 4. The van der Waals surface area contributed by atoms with Gasteiger partial charge < -0.3 is 25.4 Å². The quantitative estimate of drug-likeness (QED) is 0.362. The Morgan fingerprint density at radius 3 is 2.86 bits per heavy atom. The summed E-state index contributed by atoms with van der Waals surface area (Å²) in [7, 11) is -4.70. The minimum absolute atomic E-state index is 0.0207. The van der Waals surface area contributed by atoms with E-state index >= 15 is 0 Å². The minimum atomic E-state index is -4.70. The highest BCUT2D eigenvalue weighted by atomic mass is 31.2. The van der Waals surface area contributed by atoms with Crippen LogP contribution in [0.3, 0.4) is 0 Å². The van der Waals surface area contributed by atoms with Gasteiger partial charge in [0.05, 0.1) is 18.3 Å². The lowest BCUT2D eigenvalue weighted by Gasteiger charge is -2.16. The number of ether oxygens (including phenoxy) is 1. The lowest BCUT2D eigenvalue weighted by molar-refractivity contribution is -0.0450. The molecule has 1 aromatic heterocycles. The molecule has 11 nitrogen and oxygen atoms in total. The molecule has 5 N–H and O–H groups in total. The number of aliphatic hydroxyl groups is 1. The molecular weight excluding hydrogens is 321 g/mol. The van der Waals surface area contributed by atoms with Gasteiger partial charge in [0.15, 0.2) is 6.29 Å². The number of aromatic nitrogens is 2. The Balaban J connectivity index is 2.17. The Labute approximate surface area is 123 Å². The molecule has 1 aromatic rings. The van der Waals surface area contributed by atoms with Crippen LogP contribution in [0.25, 0.3) is 0 Å². The highest BCUT2D eigenvalue weighted by Gasteiger charge is 2.37. The Hall–Kier alpha value is -1.62. The third-order valence-electron chi connectivity index (χ3n) is 3.06. The van der Waals surface area contributed by atoms with E-state index in [-0.39, 0.29) is 17.8 Å². The van der Waals surface area contributed by atoms with Gasteiger partial charge in [-0.25, -0.2) is 9.36 Å². The number of carbonyl (C=O) groups is 1. The molecule has 0 bridgehead atoms. The second kappa shape index (κ2) is 6.24. The van der Waals surface area contributed by atoms with Gasteiger partial charge in [0.1, 0.15) is 18.1 Å². The zero-order chi connectivity index (χ0) is 16.5. The highest BCUT2D eigenvalue weighted by molar-refractivity contribution is 7.46. The molecule has 2 rings (SSSR count). The summed E-state index contributed by atoms with van der Waals surface area (Å²) in [4.78, 5) is 43.3. The fourth-order valence-corrected chi connectivity index (χ4v) is 2.34. The van der Waals surface area contributed by atoms with Gasteiger partial charge in [-0.3, -0.25) is 13.9 Å². The molecule has 122 valence electrons. The molecule has 0 radical (unpaired) electrons. The van der Waals surface area contributed by atoms with Crippen LogP contribution in [0.15, 0.2) is 11.0 Å². The van der Waals surface area contributed by atoms with Crippen molar-refractivity contribution in [1.29, 1.82) is 0 Å². The van der Waals surface area contributed by atoms with E-state index in [4.69, 9.17) is 20.3 Å². The van der Waals surface area contributed by atoms with E-state index in [0.717, 1.165) is 10.8 Å². The number of carbonyl (C=O) groups excluding carboxylic acids is 1. The van der Waals surface area contributed by atoms with E-state index < -0.39 is 38.6 Å². The van der Waals surface area contributed by atoms with Crippen LogP contribution >= 0.6 is 7.82 Å². The van der Waals surface area contributed by atoms with Crippen LogP contribution in [0.4, 0.5) is 5.82 Å². The van der Waals surface area contributed by atoms with Crippen LogP contribution in [-0.2, 0) is 13.8 Å². The summed E-state index contributed by atoms with van der Waals surface area (Å²) < 4.78 is 21.2. The van der Waals surface area contributed by atoms with Crippen LogP contribution in [0, 0.1) is 0 Å². The first kappa shape index (κ1) is 16.7. The van der Waals surface area contributed by atoms with E-state index in [9.17, 15) is 19.3 Å². The van der Waals surface area contributed by atoms with Crippen LogP contribution < -0.4 is 11.4 Å². The second-order valence-corrected chi connectivity index (χ2v) is 5.85. The predicted molar refractivity (Wildman–Crippen MR) is 70.8 cm³/mol. The fraction of sp³-hybridized carbons (Fsp3) is 0.500. The highest BCUT2D eigenvalue weighted by Crippen LogP contribution is 2.38. The van der Waals surface area contributed by atoms with Gasteiger partial charge in [0, 0.05) is 12.6 Å². The first-order valence-electron chi connectivity index (χ1n) is 6.08. The van der Waals surface area contributed by atoms with E-state index in [1.54, 1.807) is 0 Å². The molecule has 12 heteroatoms. The van der Waals surface area contributed by atoms with E-state index in [2.05, 4.69) is 9.51 Å². The molecular formula is C10H14N3O8P. The zero-order valence-corrected chi connectivity index (χ0v) is 12.0. The molecule has 1 aliphatic rings. The van der Waals surface area contributed by atoms with Crippen molar-refractivity contribution in [2.45, 2.75) is 24.9 Å². The molecule has 3 atom stereocenters. The van der Waals surface area contributed by atoms with E-state index in [1.807, 2.05) is 0 Å². The van der Waals surface area contributed by atoms with E-state index in [0.29, 0.717) is 6.29 Å². The average Bonchev–Trinajstić information content (AvgIpc) is 2.77. The summed E-state index contributed by atoms with van der Waals surface area (Å²) in [5, 5.41) is 9.80. The first-order chi connectivity index (χ1) is 10.2. The lowest BCUT2D eigenvalue weighted by Crippen LogP contribution is -2.29. The number of rotatable bonds is 5. The van der Waals surface area contributed by atoms with Gasteiger partial charge in [-0.15, -0.1) is 0 Å². The number of phosphoric ester groups is 1. The van der Waals surface area contributed by atoms with E-state index in [1.165, 1.54) is 0 Å². The third-order valence-corrected chi connectivity index (χ3v) is 3.54. The maximum absolute atomic E-state index is 11.8. The number of nitrogens with zero attached hydrogens (tertiary/aromatic N) is 2. The first-order valence-corrected chi connectivity index (χ1v) is 7.61. The Morgan fingerprint density at radius 1 is 1.59 bits per heavy atom. The standard InChI is InChI=1S/C10H14N3O8P/c11-9-5(3-14)2-13(10(16)12-9)8-1-6(15)7(21-8)4-20-22(17,18)19/h2-3,6-8,15H,1,4H2,(H2,11,12,16)(H2,17,18,19)/t6-,7+,8+/m0/s1. The molecule has 0 amide bonds. The summed E-state index contributed by atoms with van der Waals surface area (Å²) in [5.74, 6) is -0.226. The number of nitrogen functional groups attached to an aromatic ring is 1. The summed E-state index contributed by atoms with van der Waals surface area (Å²) in [5.41, 5.74) is 4.60. The van der Waals surface area contributed by atoms with Crippen molar-refractivity contribution in [3.8, 4) is 0 Å². The minimum Gasteiger partial charge on any atom is -0.390 e. The van der Waals surface area contributed by atoms with Crippen LogP contribution in [0.1, 0.15) is 23.0 Å². The van der Waals surface area contributed by atoms with Crippen molar-refractivity contribution in [1.82, 2.24) is 9.55 Å². The van der Waals surface area contributed by atoms with Crippen molar-refractivity contribution < 1.29 is 33.5 Å². The van der Waals surface area contributed by atoms with Crippen LogP contribution in [0.2, 0.25) is 0 Å². The maximum atomic E-state index is 11.8. The molecule has 1 aliphatic heterocycles. The number of aliphatic hydroxyl groups excluding tert-OH is 1. The molecule has 0 aliphatic carbocycles. The monoisotopic (exact) mass is 335 g/mol. The molecule has 2 heterocycles. The fourth-order valence-electron chi connectivity index (χ4n) is 2.00. The van der Waals surface area contributed by atoms with Gasteiger partial charge in [0.2, 0.25) is 0 Å². The van der Waals surface area contributed by atoms with Crippen molar-refractivity contribution >= 4 is 19.9 Å². The molecule has 0 unspecified atom stereocenters.